The van der Waals surface area contributed by atoms with Gasteiger partial charge in [0.05, 0.1) is 6.61 Å². The van der Waals surface area contributed by atoms with E-state index in [1.807, 2.05) is 6.92 Å². The highest BCUT2D eigenvalue weighted by Gasteiger charge is 2.44. The molecule has 2 atom stereocenters. The lowest BCUT2D eigenvalue weighted by Crippen LogP contribution is -2.34. The average molecular weight is 645 g/mol. The highest BCUT2D eigenvalue weighted by Crippen LogP contribution is 2.32. The number of pyridine rings is 1. The highest BCUT2D eigenvalue weighted by molar-refractivity contribution is 5.87. The number of carboxylic acid groups (broad SMARTS) is 1. The lowest BCUT2D eigenvalue weighted by molar-refractivity contribution is -0.253. The summed E-state index contributed by atoms with van der Waals surface area (Å²) < 4.78 is 61.6. The molecule has 0 radical (unpaired) electrons. The molecule has 10 nitrogen and oxygen atoms in total. The van der Waals surface area contributed by atoms with Crippen LogP contribution in [-0.2, 0) is 16.1 Å². The van der Waals surface area contributed by atoms with Gasteiger partial charge in [0.2, 0.25) is 0 Å². The second-order valence-electron chi connectivity index (χ2n) is 10.6. The number of benzene rings is 3. The Bertz CT molecular complexity index is 1780. The zero-order valence-corrected chi connectivity index (χ0v) is 25.0. The SMILES string of the molecule is CNCc1cc(NC(=O)OCC(C)c2ccc(C(Nc3ccc4cc[nH]c(=O)c4c3)C(=O)O)cc2C)ccc1OC(F)(F)C(F)F. The van der Waals surface area contributed by atoms with E-state index in [0.29, 0.717) is 22.0 Å². The minimum Gasteiger partial charge on any atom is -0.479 e. The Morgan fingerprint density at radius 3 is 2.43 bits per heavy atom. The summed E-state index contributed by atoms with van der Waals surface area (Å²) in [4.78, 5) is 39.5. The van der Waals surface area contributed by atoms with Gasteiger partial charge >= 0.3 is 24.6 Å². The molecule has 0 spiro atoms. The van der Waals surface area contributed by atoms with Crippen molar-refractivity contribution in [3.8, 4) is 5.75 Å². The van der Waals surface area contributed by atoms with E-state index in [-0.39, 0.29) is 35.9 Å². The van der Waals surface area contributed by atoms with Crippen molar-refractivity contribution in [2.75, 3.05) is 24.3 Å². The molecule has 244 valence electrons. The summed E-state index contributed by atoms with van der Waals surface area (Å²) in [7, 11) is 1.52. The van der Waals surface area contributed by atoms with Crippen molar-refractivity contribution in [3.63, 3.8) is 0 Å². The van der Waals surface area contributed by atoms with Gasteiger partial charge in [-0.05, 0) is 72.4 Å². The molecule has 1 aromatic heterocycles. The van der Waals surface area contributed by atoms with Crippen molar-refractivity contribution >= 4 is 34.2 Å². The molecule has 1 amide bonds. The van der Waals surface area contributed by atoms with Crippen LogP contribution in [0.1, 0.15) is 41.1 Å². The molecule has 0 saturated carbocycles. The number of carbonyl (C=O) groups is 2. The lowest BCUT2D eigenvalue weighted by Gasteiger charge is -2.20. The Morgan fingerprint density at radius 2 is 1.76 bits per heavy atom. The van der Waals surface area contributed by atoms with Crippen molar-refractivity contribution in [2.24, 2.45) is 0 Å². The second kappa shape index (κ2) is 14.3. The van der Waals surface area contributed by atoms with Crippen LogP contribution in [0.15, 0.2) is 71.7 Å². The number of amides is 1. The van der Waals surface area contributed by atoms with E-state index in [4.69, 9.17) is 4.74 Å². The smallest absolute Gasteiger partial charge is 0.461 e. The number of rotatable bonds is 13. The minimum absolute atomic E-state index is 0.00809. The molecule has 0 aliphatic heterocycles. The normalized spacial score (nSPS) is 12.9. The molecule has 0 aliphatic rings. The Labute approximate surface area is 260 Å². The number of nitrogens with one attached hydrogen (secondary N) is 4. The number of aromatic amines is 1. The van der Waals surface area contributed by atoms with Crippen LogP contribution < -0.4 is 26.2 Å². The second-order valence-corrected chi connectivity index (χ2v) is 10.6. The molecule has 0 bridgehead atoms. The van der Waals surface area contributed by atoms with Crippen molar-refractivity contribution in [2.45, 2.75) is 44.9 Å². The average Bonchev–Trinajstić information content (AvgIpc) is 3.00. The van der Waals surface area contributed by atoms with Crippen LogP contribution >= 0.6 is 0 Å². The van der Waals surface area contributed by atoms with Crippen LogP contribution in [0.3, 0.4) is 0 Å². The van der Waals surface area contributed by atoms with Gasteiger partial charge in [-0.2, -0.15) is 17.6 Å². The number of aliphatic carboxylic acids is 1. The van der Waals surface area contributed by atoms with E-state index < -0.39 is 36.4 Å². The number of hydrogen-bond donors (Lipinski definition) is 5. The number of hydrogen-bond acceptors (Lipinski definition) is 7. The zero-order valence-electron chi connectivity index (χ0n) is 25.0. The molecule has 0 aliphatic carbocycles. The molecule has 4 aromatic rings. The molecule has 3 aromatic carbocycles. The fourth-order valence-electron chi connectivity index (χ4n) is 4.88. The zero-order chi connectivity index (χ0) is 33.6. The third kappa shape index (κ3) is 8.13. The number of carbonyl (C=O) groups excluding carboxylic acids is 1. The quantitative estimate of drug-likeness (QED) is 0.106. The predicted octanol–water partition coefficient (Wildman–Crippen LogP) is 6.38. The van der Waals surface area contributed by atoms with Gasteiger partial charge in [0, 0.05) is 41.0 Å². The summed E-state index contributed by atoms with van der Waals surface area (Å²) in [6.45, 7) is 3.55. The Hall–Kier alpha value is -5.11. The maximum absolute atomic E-state index is 13.4. The van der Waals surface area contributed by atoms with Gasteiger partial charge in [0.25, 0.3) is 5.56 Å². The maximum atomic E-state index is 13.4. The van der Waals surface area contributed by atoms with Gasteiger partial charge in [0.15, 0.2) is 6.04 Å². The fraction of sp³-hybridized carbons (Fsp3) is 0.281. The topological polar surface area (TPSA) is 142 Å². The Morgan fingerprint density at radius 1 is 1.02 bits per heavy atom. The maximum Gasteiger partial charge on any atom is 0.461 e. The first-order valence-electron chi connectivity index (χ1n) is 14.1. The van der Waals surface area contributed by atoms with Crippen molar-refractivity contribution in [1.29, 1.82) is 0 Å². The fourth-order valence-corrected chi connectivity index (χ4v) is 4.88. The van der Waals surface area contributed by atoms with Crippen LogP contribution in [0.2, 0.25) is 0 Å². The van der Waals surface area contributed by atoms with Crippen LogP contribution in [-0.4, -0.2) is 48.3 Å². The molecule has 0 saturated heterocycles. The largest absolute Gasteiger partial charge is 0.479 e. The summed E-state index contributed by atoms with van der Waals surface area (Å²) in [6.07, 6.45) is -8.02. The highest BCUT2D eigenvalue weighted by atomic mass is 19.3. The number of aromatic nitrogens is 1. The van der Waals surface area contributed by atoms with Gasteiger partial charge < -0.3 is 30.2 Å². The molecule has 1 heterocycles. The van der Waals surface area contributed by atoms with E-state index in [1.54, 1.807) is 49.4 Å². The monoisotopic (exact) mass is 644 g/mol. The van der Waals surface area contributed by atoms with Crippen LogP contribution in [0.4, 0.5) is 33.7 Å². The van der Waals surface area contributed by atoms with E-state index in [1.165, 1.54) is 25.4 Å². The summed E-state index contributed by atoms with van der Waals surface area (Å²) in [6, 6.07) is 14.3. The molecular formula is C32H32F4N4O6. The lowest BCUT2D eigenvalue weighted by atomic mass is 9.93. The molecule has 0 fully saturated rings. The number of anilines is 2. The van der Waals surface area contributed by atoms with Crippen molar-refractivity contribution < 1.29 is 41.7 Å². The third-order valence-electron chi connectivity index (χ3n) is 7.13. The van der Waals surface area contributed by atoms with Crippen LogP contribution in [0.5, 0.6) is 5.75 Å². The van der Waals surface area contributed by atoms with E-state index in [0.717, 1.165) is 17.2 Å². The van der Waals surface area contributed by atoms with Gasteiger partial charge in [-0.15, -0.1) is 0 Å². The Kier molecular flexibility index (Phi) is 10.5. The molecule has 4 rings (SSSR count). The number of fused-ring (bicyclic) bond motifs is 1. The summed E-state index contributed by atoms with van der Waals surface area (Å²) >= 11 is 0. The number of aryl methyl sites for hydroxylation is 1. The standard InChI is InChI=1S/C32H32F4N4O6/c1-17-12-20(27(29(42)43)39-23-6-4-19-10-11-38-28(41)25(19)14-23)5-8-24(17)18(2)16-45-31(44)40-22-7-9-26(21(13-22)15-37-3)46-32(35,36)30(33)34/h4-14,18,27,30,37,39H,15-16H2,1-3H3,(H,38,41)(H,40,44)(H,42,43). The summed E-state index contributed by atoms with van der Waals surface area (Å²) in [5.41, 5.74) is 2.46. The first-order valence-corrected chi connectivity index (χ1v) is 14.1. The number of halogens is 4. The minimum atomic E-state index is -4.69. The summed E-state index contributed by atoms with van der Waals surface area (Å²) in [5.74, 6) is -1.89. The van der Waals surface area contributed by atoms with Crippen LogP contribution in [0, 0.1) is 6.92 Å². The predicted molar refractivity (Wildman–Crippen MR) is 164 cm³/mol. The number of ether oxygens (including phenoxy) is 2. The van der Waals surface area contributed by atoms with E-state index in [9.17, 15) is 37.1 Å². The van der Waals surface area contributed by atoms with Gasteiger partial charge in [0.1, 0.15) is 5.75 Å². The van der Waals surface area contributed by atoms with Crippen LogP contribution in [0.25, 0.3) is 10.8 Å². The molecule has 2 unspecified atom stereocenters. The van der Waals surface area contributed by atoms with Gasteiger partial charge in [-0.1, -0.05) is 31.2 Å². The first-order chi connectivity index (χ1) is 21.8. The third-order valence-corrected chi connectivity index (χ3v) is 7.13. The van der Waals surface area contributed by atoms with Crippen molar-refractivity contribution in [1.82, 2.24) is 10.3 Å². The Balaban J connectivity index is 1.40. The van der Waals surface area contributed by atoms with Gasteiger partial charge in [-0.25, -0.2) is 9.59 Å². The van der Waals surface area contributed by atoms with Crippen molar-refractivity contribution in [3.05, 3.63) is 99.5 Å². The number of H-pyrrole nitrogens is 1. The molecular weight excluding hydrogens is 612 g/mol. The molecule has 14 heteroatoms. The number of carboxylic acids is 1. The number of alkyl halides is 4. The molecule has 46 heavy (non-hydrogen) atoms. The van der Waals surface area contributed by atoms with Gasteiger partial charge in [-0.3, -0.25) is 10.1 Å². The first kappa shape index (κ1) is 33.8. The van der Waals surface area contributed by atoms with E-state index in [2.05, 4.69) is 25.7 Å². The molecule has 5 N–H and O–H groups in total. The van der Waals surface area contributed by atoms with E-state index >= 15 is 0 Å². The summed E-state index contributed by atoms with van der Waals surface area (Å²) in [5, 5.41) is 19.3.